The fourth-order valence-electron chi connectivity index (χ4n) is 1.60. The second-order valence-electron chi connectivity index (χ2n) is 3.84. The molecule has 7 heteroatoms. The van der Waals surface area contributed by atoms with E-state index >= 15 is 0 Å². The van der Waals surface area contributed by atoms with Crippen LogP contribution >= 0.6 is 0 Å². The van der Waals surface area contributed by atoms with Gasteiger partial charge >= 0.3 is 5.97 Å². The number of hydrogen-bond donors (Lipinski definition) is 3. The molecule has 0 aliphatic rings. The summed E-state index contributed by atoms with van der Waals surface area (Å²) in [6.45, 7) is 0. The van der Waals surface area contributed by atoms with Crippen LogP contribution in [-0.4, -0.2) is 31.9 Å². The second kappa shape index (κ2) is 4.81. The van der Waals surface area contributed by atoms with E-state index in [1.807, 2.05) is 0 Å². The Balaban J connectivity index is 2.27. The van der Waals surface area contributed by atoms with Crippen LogP contribution in [0.1, 0.15) is 20.8 Å². The predicted molar refractivity (Wildman–Crippen MR) is 66.2 cm³/mol. The number of carboxylic acid groups (broad SMARTS) is 1. The summed E-state index contributed by atoms with van der Waals surface area (Å²) in [4.78, 5) is 23.0. The number of benzene rings is 1. The second-order valence-corrected chi connectivity index (χ2v) is 3.84. The van der Waals surface area contributed by atoms with Gasteiger partial charge in [-0.25, -0.2) is 4.79 Å². The van der Waals surface area contributed by atoms with Crippen LogP contribution in [0.25, 0.3) is 0 Å². The molecule has 3 N–H and O–H groups in total. The smallest absolute Gasteiger partial charge is 0.339 e. The highest BCUT2D eigenvalue weighted by Gasteiger charge is 2.21. The van der Waals surface area contributed by atoms with Crippen LogP contribution in [0.15, 0.2) is 30.5 Å². The van der Waals surface area contributed by atoms with Crippen molar-refractivity contribution in [2.45, 2.75) is 0 Å². The summed E-state index contributed by atoms with van der Waals surface area (Å²) in [5.41, 5.74) is 0.236. The molecule has 0 spiro atoms. The van der Waals surface area contributed by atoms with Crippen molar-refractivity contribution in [1.82, 2.24) is 9.78 Å². The molecular formula is C12H11N3O4. The molecule has 0 unspecified atom stereocenters. The average molecular weight is 261 g/mol. The third-order valence-electron chi connectivity index (χ3n) is 2.51. The largest absolute Gasteiger partial charge is 0.508 e. The van der Waals surface area contributed by atoms with E-state index in [1.54, 1.807) is 0 Å². The number of hydrogen-bond acceptors (Lipinski definition) is 4. The Morgan fingerprint density at radius 1 is 1.26 bits per heavy atom. The Kier molecular flexibility index (Phi) is 3.19. The molecule has 1 aromatic carbocycles. The molecule has 2 aromatic rings. The maximum atomic E-state index is 12.0. The number of carboxylic acids is 1. The summed E-state index contributed by atoms with van der Waals surface area (Å²) in [6, 6.07) is 5.84. The van der Waals surface area contributed by atoms with Gasteiger partial charge in [0.15, 0.2) is 0 Å². The van der Waals surface area contributed by atoms with Crippen molar-refractivity contribution in [3.05, 3.63) is 41.7 Å². The number of phenolic OH excluding ortho intramolecular Hbond substituents is 1. The Hall–Kier alpha value is -2.83. The van der Waals surface area contributed by atoms with Crippen LogP contribution < -0.4 is 5.32 Å². The molecule has 2 rings (SSSR count). The van der Waals surface area contributed by atoms with Gasteiger partial charge in [0.2, 0.25) is 0 Å². The monoisotopic (exact) mass is 261 g/mol. The van der Waals surface area contributed by atoms with Gasteiger partial charge in [0, 0.05) is 12.7 Å². The Morgan fingerprint density at radius 2 is 1.89 bits per heavy atom. The van der Waals surface area contributed by atoms with Crippen LogP contribution in [0.4, 0.5) is 5.69 Å². The van der Waals surface area contributed by atoms with Crippen LogP contribution in [0.3, 0.4) is 0 Å². The average Bonchev–Trinajstić information content (AvgIpc) is 2.74. The number of aryl methyl sites for hydroxylation is 1. The molecule has 0 saturated carbocycles. The number of carbonyl (C=O) groups is 2. The first-order valence-electron chi connectivity index (χ1n) is 5.34. The number of carbonyl (C=O) groups excluding carboxylic acids is 1. The molecule has 7 nitrogen and oxygen atoms in total. The standard InChI is InChI=1S/C12H11N3O4/c1-15-10(9(6-13-15)12(18)19)11(17)14-7-2-4-8(16)5-3-7/h2-6,16H,1H3,(H,14,17)(H,18,19). The molecule has 1 heterocycles. The minimum Gasteiger partial charge on any atom is -0.508 e. The number of aromatic carboxylic acids is 1. The summed E-state index contributed by atoms with van der Waals surface area (Å²) >= 11 is 0. The van der Waals surface area contributed by atoms with Gasteiger partial charge in [0.25, 0.3) is 5.91 Å². The van der Waals surface area contributed by atoms with Crippen molar-refractivity contribution in [2.24, 2.45) is 7.05 Å². The Bertz CT molecular complexity index is 631. The molecule has 0 aliphatic heterocycles. The van der Waals surface area contributed by atoms with Gasteiger partial charge in [-0.3, -0.25) is 9.48 Å². The maximum Gasteiger partial charge on any atom is 0.339 e. The number of nitrogens with one attached hydrogen (secondary N) is 1. The van der Waals surface area contributed by atoms with Crippen molar-refractivity contribution in [2.75, 3.05) is 5.32 Å². The van der Waals surface area contributed by atoms with Gasteiger partial charge in [-0.2, -0.15) is 5.10 Å². The van der Waals surface area contributed by atoms with Crippen molar-refractivity contribution in [3.8, 4) is 5.75 Å². The highest BCUT2D eigenvalue weighted by Crippen LogP contribution is 2.16. The fourth-order valence-corrected chi connectivity index (χ4v) is 1.60. The molecule has 0 aliphatic carbocycles. The number of amides is 1. The number of anilines is 1. The summed E-state index contributed by atoms with van der Waals surface area (Å²) in [7, 11) is 1.48. The Labute approximate surface area is 108 Å². The molecule has 1 aromatic heterocycles. The summed E-state index contributed by atoms with van der Waals surface area (Å²) in [5.74, 6) is -1.73. The van der Waals surface area contributed by atoms with E-state index in [0.717, 1.165) is 6.20 Å². The van der Waals surface area contributed by atoms with E-state index in [9.17, 15) is 9.59 Å². The minimum absolute atomic E-state index is 0.0411. The first-order chi connectivity index (χ1) is 8.99. The van der Waals surface area contributed by atoms with Gasteiger partial charge in [-0.15, -0.1) is 0 Å². The molecule has 0 atom stereocenters. The minimum atomic E-state index is -1.22. The third kappa shape index (κ3) is 2.54. The Morgan fingerprint density at radius 3 is 2.47 bits per heavy atom. The van der Waals surface area contributed by atoms with E-state index in [2.05, 4.69) is 10.4 Å². The fraction of sp³-hybridized carbons (Fsp3) is 0.0833. The van der Waals surface area contributed by atoms with Crippen molar-refractivity contribution in [1.29, 1.82) is 0 Å². The molecule has 98 valence electrons. The number of aromatic hydroxyl groups is 1. The van der Waals surface area contributed by atoms with E-state index in [-0.39, 0.29) is 17.0 Å². The molecule has 19 heavy (non-hydrogen) atoms. The number of aromatic nitrogens is 2. The molecule has 0 fully saturated rings. The zero-order valence-corrected chi connectivity index (χ0v) is 9.99. The van der Waals surface area contributed by atoms with E-state index in [4.69, 9.17) is 10.2 Å². The van der Waals surface area contributed by atoms with Gasteiger partial charge in [-0.1, -0.05) is 0 Å². The van der Waals surface area contributed by atoms with E-state index in [0.29, 0.717) is 5.69 Å². The van der Waals surface area contributed by atoms with E-state index in [1.165, 1.54) is 36.0 Å². The molecule has 1 amide bonds. The molecule has 0 bridgehead atoms. The van der Waals surface area contributed by atoms with Gasteiger partial charge in [0.05, 0.1) is 6.20 Å². The molecule has 0 radical (unpaired) electrons. The lowest BCUT2D eigenvalue weighted by molar-refractivity contribution is 0.0692. The maximum absolute atomic E-state index is 12.0. The highest BCUT2D eigenvalue weighted by atomic mass is 16.4. The van der Waals surface area contributed by atoms with Crippen molar-refractivity contribution < 1.29 is 19.8 Å². The van der Waals surface area contributed by atoms with E-state index < -0.39 is 11.9 Å². The van der Waals surface area contributed by atoms with Crippen molar-refractivity contribution in [3.63, 3.8) is 0 Å². The quantitative estimate of drug-likeness (QED) is 0.717. The lowest BCUT2D eigenvalue weighted by Crippen LogP contribution is -2.19. The molecular weight excluding hydrogens is 250 g/mol. The van der Waals surface area contributed by atoms with Gasteiger partial charge in [-0.05, 0) is 24.3 Å². The van der Waals surface area contributed by atoms with Crippen LogP contribution in [0.5, 0.6) is 5.75 Å². The third-order valence-corrected chi connectivity index (χ3v) is 2.51. The number of rotatable bonds is 3. The van der Waals surface area contributed by atoms with Gasteiger partial charge < -0.3 is 15.5 Å². The summed E-state index contributed by atoms with van der Waals surface area (Å²) < 4.78 is 1.19. The lowest BCUT2D eigenvalue weighted by atomic mass is 10.2. The summed E-state index contributed by atoms with van der Waals surface area (Å²) in [6.07, 6.45) is 1.12. The number of nitrogens with zero attached hydrogens (tertiary/aromatic N) is 2. The summed E-state index contributed by atoms with van der Waals surface area (Å²) in [5, 5.41) is 24.4. The van der Waals surface area contributed by atoms with Gasteiger partial charge in [0.1, 0.15) is 17.0 Å². The normalized spacial score (nSPS) is 10.2. The highest BCUT2D eigenvalue weighted by molar-refractivity contribution is 6.09. The van der Waals surface area contributed by atoms with Crippen LogP contribution in [-0.2, 0) is 7.05 Å². The van der Waals surface area contributed by atoms with Crippen LogP contribution in [0, 0.1) is 0 Å². The number of phenols is 1. The first-order valence-corrected chi connectivity index (χ1v) is 5.34. The zero-order chi connectivity index (χ0) is 14.0. The van der Waals surface area contributed by atoms with Crippen LogP contribution in [0.2, 0.25) is 0 Å². The molecule has 0 saturated heterocycles. The first kappa shape index (κ1) is 12.6. The predicted octanol–water partition coefficient (Wildman–Crippen LogP) is 1.08. The topological polar surface area (TPSA) is 104 Å². The zero-order valence-electron chi connectivity index (χ0n) is 9.99. The van der Waals surface area contributed by atoms with Crippen molar-refractivity contribution >= 4 is 17.6 Å². The SMILES string of the molecule is Cn1ncc(C(=O)O)c1C(=O)Nc1ccc(O)cc1. The lowest BCUT2D eigenvalue weighted by Gasteiger charge is -2.06.